The maximum Gasteiger partial charge on any atom is 0.168 e. The first-order valence-electron chi connectivity index (χ1n) is 10.3. The molecule has 5 fully saturated rings. The van der Waals surface area contributed by atoms with Gasteiger partial charge in [-0.1, -0.05) is 13.8 Å². The standard InChI is InChI=1S/C21H32O3/c1-19-9-10-21(23-11-12-24-21)13-14(19)3-4-15-16-5-6-18(22)20(16,2)8-7-17(15)19/h14-17H,3-13H2,1-2H3/t14-,15+,16+,17+,19-,20+/m0/s1. The molecule has 5 rings (SSSR count). The molecule has 3 nitrogen and oxygen atoms in total. The normalized spacial score (nSPS) is 52.8. The summed E-state index contributed by atoms with van der Waals surface area (Å²) < 4.78 is 12.1. The summed E-state index contributed by atoms with van der Waals surface area (Å²) in [4.78, 5) is 12.5. The molecule has 0 radical (unpaired) electrons. The first kappa shape index (κ1) is 15.8. The van der Waals surface area contributed by atoms with Crippen molar-refractivity contribution in [3.05, 3.63) is 0 Å². The lowest BCUT2D eigenvalue weighted by molar-refractivity contribution is -0.228. The Morgan fingerprint density at radius 2 is 1.71 bits per heavy atom. The molecular formula is C21H32O3. The van der Waals surface area contributed by atoms with Gasteiger partial charge in [-0.15, -0.1) is 0 Å². The highest BCUT2D eigenvalue weighted by molar-refractivity contribution is 5.87. The average molecular weight is 332 g/mol. The Labute approximate surface area is 145 Å². The van der Waals surface area contributed by atoms with Crippen molar-refractivity contribution in [1.82, 2.24) is 0 Å². The summed E-state index contributed by atoms with van der Waals surface area (Å²) in [6.07, 6.45) is 10.5. The Morgan fingerprint density at radius 3 is 2.50 bits per heavy atom. The average Bonchev–Trinajstić information content (AvgIpc) is 3.14. The number of ketones is 1. The number of hydrogen-bond donors (Lipinski definition) is 0. The fourth-order valence-electron chi connectivity index (χ4n) is 7.73. The van der Waals surface area contributed by atoms with Gasteiger partial charge in [0.1, 0.15) is 5.78 Å². The predicted molar refractivity (Wildman–Crippen MR) is 91.4 cm³/mol. The van der Waals surface area contributed by atoms with Crippen LogP contribution in [0.25, 0.3) is 0 Å². The van der Waals surface area contributed by atoms with Crippen molar-refractivity contribution < 1.29 is 14.3 Å². The van der Waals surface area contributed by atoms with Crippen LogP contribution in [-0.2, 0) is 14.3 Å². The molecule has 5 aliphatic rings. The third kappa shape index (κ3) is 1.95. The molecule has 134 valence electrons. The molecule has 24 heavy (non-hydrogen) atoms. The summed E-state index contributed by atoms with van der Waals surface area (Å²) in [5, 5.41) is 0. The molecule has 4 aliphatic carbocycles. The minimum atomic E-state index is -0.247. The third-order valence-electron chi connectivity index (χ3n) is 9.19. The summed E-state index contributed by atoms with van der Waals surface area (Å²) in [5.74, 6) is 3.33. The Balaban J connectivity index is 1.42. The van der Waals surface area contributed by atoms with E-state index in [-0.39, 0.29) is 11.2 Å². The maximum absolute atomic E-state index is 12.5. The molecule has 0 aromatic heterocycles. The van der Waals surface area contributed by atoms with Gasteiger partial charge in [-0.2, -0.15) is 0 Å². The van der Waals surface area contributed by atoms with Crippen LogP contribution < -0.4 is 0 Å². The topological polar surface area (TPSA) is 35.5 Å². The highest BCUT2D eigenvalue weighted by Gasteiger charge is 2.62. The molecule has 0 unspecified atom stereocenters. The number of fused-ring (bicyclic) bond motifs is 5. The Kier molecular flexibility index (Phi) is 3.34. The second-order valence-electron chi connectivity index (χ2n) is 9.89. The van der Waals surface area contributed by atoms with Crippen LogP contribution in [0.5, 0.6) is 0 Å². The Hall–Kier alpha value is -0.410. The molecule has 0 amide bonds. The third-order valence-corrected chi connectivity index (χ3v) is 9.19. The molecule has 0 aromatic rings. The van der Waals surface area contributed by atoms with E-state index in [9.17, 15) is 4.79 Å². The monoisotopic (exact) mass is 332 g/mol. The van der Waals surface area contributed by atoms with Crippen LogP contribution >= 0.6 is 0 Å². The smallest absolute Gasteiger partial charge is 0.168 e. The van der Waals surface area contributed by atoms with Crippen LogP contribution in [0.4, 0.5) is 0 Å². The molecule has 4 saturated carbocycles. The molecule has 3 heteroatoms. The number of rotatable bonds is 0. The SMILES string of the molecule is C[C@]12CCC3(C[C@@H]1CC[C@H]1[C@H]2CC[C@@]2(C)C(=O)CC[C@H]12)OCCO3. The van der Waals surface area contributed by atoms with Gasteiger partial charge in [0.15, 0.2) is 5.79 Å². The van der Waals surface area contributed by atoms with Gasteiger partial charge in [0.2, 0.25) is 0 Å². The molecule has 0 aromatic carbocycles. The first-order valence-corrected chi connectivity index (χ1v) is 10.3. The van der Waals surface area contributed by atoms with Crippen LogP contribution in [-0.4, -0.2) is 24.8 Å². The van der Waals surface area contributed by atoms with Crippen LogP contribution in [0, 0.1) is 34.5 Å². The van der Waals surface area contributed by atoms with E-state index >= 15 is 0 Å². The van der Waals surface area contributed by atoms with Crippen molar-refractivity contribution in [2.45, 2.75) is 77.4 Å². The van der Waals surface area contributed by atoms with Crippen molar-refractivity contribution in [2.75, 3.05) is 13.2 Å². The van der Waals surface area contributed by atoms with E-state index < -0.39 is 0 Å². The van der Waals surface area contributed by atoms with Gasteiger partial charge in [-0.05, 0) is 67.6 Å². The van der Waals surface area contributed by atoms with Crippen molar-refractivity contribution in [3.8, 4) is 0 Å². The van der Waals surface area contributed by atoms with E-state index in [2.05, 4.69) is 13.8 Å². The molecule has 1 saturated heterocycles. The Bertz CT molecular complexity index is 551. The molecular weight excluding hydrogens is 300 g/mol. The quantitative estimate of drug-likeness (QED) is 0.662. The van der Waals surface area contributed by atoms with Crippen LogP contribution in [0.2, 0.25) is 0 Å². The molecule has 0 bridgehead atoms. The molecule has 1 aliphatic heterocycles. The fourth-order valence-corrected chi connectivity index (χ4v) is 7.73. The molecule has 6 atom stereocenters. The lowest BCUT2D eigenvalue weighted by atomic mass is 9.45. The minimum absolute atomic E-state index is 0.0118. The van der Waals surface area contributed by atoms with Crippen molar-refractivity contribution >= 4 is 5.78 Å². The summed E-state index contributed by atoms with van der Waals surface area (Å²) in [5.41, 5.74) is 0.453. The summed E-state index contributed by atoms with van der Waals surface area (Å²) >= 11 is 0. The number of hydrogen-bond acceptors (Lipinski definition) is 3. The summed E-state index contributed by atoms with van der Waals surface area (Å²) in [6, 6.07) is 0. The first-order chi connectivity index (χ1) is 11.5. The fraction of sp³-hybridized carbons (Fsp3) is 0.952. The number of ether oxygens (including phenoxy) is 2. The highest BCUT2D eigenvalue weighted by Crippen LogP contribution is 2.66. The number of carbonyl (C=O) groups excluding carboxylic acids is 1. The largest absolute Gasteiger partial charge is 0.348 e. The van der Waals surface area contributed by atoms with Gasteiger partial charge < -0.3 is 9.47 Å². The van der Waals surface area contributed by atoms with E-state index in [1.807, 2.05) is 0 Å². The number of Topliss-reactive ketones (excluding diaryl/α,β-unsaturated/α-hetero) is 1. The van der Waals surface area contributed by atoms with Crippen molar-refractivity contribution in [2.24, 2.45) is 34.5 Å². The van der Waals surface area contributed by atoms with Gasteiger partial charge >= 0.3 is 0 Å². The molecule has 1 spiro atoms. The van der Waals surface area contributed by atoms with Gasteiger partial charge in [-0.25, -0.2) is 0 Å². The summed E-state index contributed by atoms with van der Waals surface area (Å²) in [6.45, 7) is 6.40. The van der Waals surface area contributed by atoms with E-state index in [1.165, 1.54) is 25.7 Å². The zero-order valence-electron chi connectivity index (χ0n) is 15.3. The van der Waals surface area contributed by atoms with Gasteiger partial charge in [-0.3, -0.25) is 4.79 Å². The van der Waals surface area contributed by atoms with Crippen LogP contribution in [0.1, 0.15) is 71.6 Å². The predicted octanol–water partition coefficient (Wildman–Crippen LogP) is 4.34. The second-order valence-corrected chi connectivity index (χ2v) is 9.89. The van der Waals surface area contributed by atoms with Gasteiger partial charge in [0, 0.05) is 24.7 Å². The minimum Gasteiger partial charge on any atom is -0.348 e. The van der Waals surface area contributed by atoms with E-state index in [4.69, 9.17) is 9.47 Å². The van der Waals surface area contributed by atoms with Crippen LogP contribution in [0.3, 0.4) is 0 Å². The van der Waals surface area contributed by atoms with Gasteiger partial charge in [0.05, 0.1) is 13.2 Å². The molecule has 1 heterocycles. The zero-order valence-corrected chi connectivity index (χ0v) is 15.3. The lowest BCUT2D eigenvalue weighted by Gasteiger charge is -2.61. The second kappa shape index (κ2) is 5.07. The lowest BCUT2D eigenvalue weighted by Crippen LogP contribution is -2.56. The van der Waals surface area contributed by atoms with Gasteiger partial charge in [0.25, 0.3) is 0 Å². The van der Waals surface area contributed by atoms with E-state index in [0.717, 1.165) is 63.1 Å². The number of carbonyl (C=O) groups is 1. The maximum atomic E-state index is 12.5. The van der Waals surface area contributed by atoms with E-state index in [1.54, 1.807) is 0 Å². The van der Waals surface area contributed by atoms with Crippen molar-refractivity contribution in [1.29, 1.82) is 0 Å². The summed E-state index contributed by atoms with van der Waals surface area (Å²) in [7, 11) is 0. The van der Waals surface area contributed by atoms with E-state index in [0.29, 0.717) is 17.1 Å². The molecule has 0 N–H and O–H groups in total. The highest BCUT2D eigenvalue weighted by atomic mass is 16.7. The van der Waals surface area contributed by atoms with Crippen LogP contribution in [0.15, 0.2) is 0 Å². The van der Waals surface area contributed by atoms with Crippen molar-refractivity contribution in [3.63, 3.8) is 0 Å². The zero-order chi connectivity index (χ0) is 16.6. The Morgan fingerprint density at radius 1 is 0.917 bits per heavy atom.